The van der Waals surface area contributed by atoms with Crippen LogP contribution in [0.5, 0.6) is 0 Å². The number of piperazine rings is 1. The van der Waals surface area contributed by atoms with Gasteiger partial charge in [0.1, 0.15) is 11.6 Å². The maximum atomic E-state index is 12.6. The van der Waals surface area contributed by atoms with Crippen LogP contribution in [0.2, 0.25) is 0 Å². The smallest absolute Gasteiger partial charge is 0.250 e. The van der Waals surface area contributed by atoms with Crippen LogP contribution in [-0.4, -0.2) is 51.6 Å². The quantitative estimate of drug-likeness (QED) is 0.623. The second-order valence-electron chi connectivity index (χ2n) is 9.44. The van der Waals surface area contributed by atoms with Crippen LogP contribution < -0.4 is 15.8 Å². The van der Waals surface area contributed by atoms with Crippen LogP contribution >= 0.6 is 11.9 Å². The maximum Gasteiger partial charge on any atom is 0.250 e. The lowest BCUT2D eigenvalue weighted by atomic mass is 10.0. The zero-order valence-corrected chi connectivity index (χ0v) is 19.6. The Kier molecular flexibility index (Phi) is 5.99. The van der Waals surface area contributed by atoms with E-state index in [1.54, 1.807) is 12.3 Å². The van der Waals surface area contributed by atoms with Gasteiger partial charge in [-0.3, -0.25) is 9.59 Å². The average Bonchev–Trinajstić information content (AvgIpc) is 3.67. The first-order valence-electron chi connectivity index (χ1n) is 11.6. The molecule has 5 rings (SSSR count). The van der Waals surface area contributed by atoms with Gasteiger partial charge in [-0.1, -0.05) is 11.9 Å². The highest BCUT2D eigenvalue weighted by Gasteiger charge is 2.30. The molecule has 0 aromatic carbocycles. The topological polar surface area (TPSA) is 81.3 Å². The molecule has 2 aliphatic carbocycles. The molecule has 2 aromatic heterocycles. The fraction of sp³-hybridized carbons (Fsp3) is 0.542. The summed E-state index contributed by atoms with van der Waals surface area (Å²) in [4.78, 5) is 34.4. The lowest BCUT2D eigenvalue weighted by Crippen LogP contribution is -2.50. The minimum atomic E-state index is -0.116. The van der Waals surface area contributed by atoms with Crippen molar-refractivity contribution >= 4 is 29.5 Å². The molecular formula is C24H31N5O2S. The number of aromatic nitrogens is 2. The Balaban J connectivity index is 1.34. The van der Waals surface area contributed by atoms with E-state index in [2.05, 4.69) is 37.5 Å². The van der Waals surface area contributed by atoms with Crippen LogP contribution in [0.15, 0.2) is 29.2 Å². The van der Waals surface area contributed by atoms with Crippen molar-refractivity contribution in [2.75, 3.05) is 35.6 Å². The number of hydrogen-bond acceptors (Lipinski definition) is 6. The SMILES string of the molecule is Cc1cnc(NC(=O)C2CC2)cc1-c1cc(N2CCN(SCC3CC3)CC2C)[nH]c(=O)c1. The van der Waals surface area contributed by atoms with Gasteiger partial charge in [0.05, 0.1) is 0 Å². The van der Waals surface area contributed by atoms with Gasteiger partial charge < -0.3 is 15.2 Å². The molecule has 8 heteroatoms. The molecule has 1 atom stereocenters. The normalized spacial score (nSPS) is 21.6. The summed E-state index contributed by atoms with van der Waals surface area (Å²) < 4.78 is 2.48. The molecule has 2 N–H and O–H groups in total. The molecule has 1 aliphatic heterocycles. The number of hydrogen-bond donors (Lipinski definition) is 2. The van der Waals surface area contributed by atoms with Crippen molar-refractivity contribution in [3.05, 3.63) is 40.3 Å². The van der Waals surface area contributed by atoms with Crippen LogP contribution in [0, 0.1) is 18.8 Å². The number of rotatable bonds is 7. The first-order valence-corrected chi connectivity index (χ1v) is 12.6. The van der Waals surface area contributed by atoms with E-state index in [0.717, 1.165) is 60.9 Å². The Labute approximate surface area is 193 Å². The molecule has 3 fully saturated rings. The number of H-pyrrole nitrogens is 1. The van der Waals surface area contributed by atoms with Gasteiger partial charge in [0.15, 0.2) is 0 Å². The minimum Gasteiger partial charge on any atom is -0.353 e. The van der Waals surface area contributed by atoms with Crippen molar-refractivity contribution in [1.29, 1.82) is 0 Å². The van der Waals surface area contributed by atoms with Gasteiger partial charge in [-0.15, -0.1) is 0 Å². The molecule has 1 saturated heterocycles. The van der Waals surface area contributed by atoms with Crippen molar-refractivity contribution in [1.82, 2.24) is 14.3 Å². The van der Waals surface area contributed by atoms with E-state index in [9.17, 15) is 9.59 Å². The number of aryl methyl sites for hydroxylation is 1. The van der Waals surface area contributed by atoms with Gasteiger partial charge in [-0.2, -0.15) is 0 Å². The third-order valence-corrected chi connectivity index (χ3v) is 7.85. The molecule has 1 unspecified atom stereocenters. The molecule has 7 nitrogen and oxygen atoms in total. The predicted octanol–water partition coefficient (Wildman–Crippen LogP) is 3.66. The third-order valence-electron chi connectivity index (χ3n) is 6.53. The van der Waals surface area contributed by atoms with Crippen molar-refractivity contribution in [3.8, 4) is 11.1 Å². The van der Waals surface area contributed by atoms with Crippen LogP contribution in [0.25, 0.3) is 11.1 Å². The predicted molar refractivity (Wildman–Crippen MR) is 130 cm³/mol. The van der Waals surface area contributed by atoms with Gasteiger partial charge in [0.25, 0.3) is 0 Å². The molecule has 2 saturated carbocycles. The lowest BCUT2D eigenvalue weighted by molar-refractivity contribution is -0.117. The van der Waals surface area contributed by atoms with Crippen LogP contribution in [-0.2, 0) is 4.79 Å². The zero-order valence-electron chi connectivity index (χ0n) is 18.8. The summed E-state index contributed by atoms with van der Waals surface area (Å²) >= 11 is 1.98. The Hall–Kier alpha value is -2.32. The van der Waals surface area contributed by atoms with Crippen molar-refractivity contribution in [2.45, 2.75) is 45.6 Å². The highest BCUT2D eigenvalue weighted by Crippen LogP contribution is 2.35. The third kappa shape index (κ3) is 5.02. The molecule has 0 bridgehead atoms. The summed E-state index contributed by atoms with van der Waals surface area (Å²) in [5, 5.41) is 2.92. The summed E-state index contributed by atoms with van der Waals surface area (Å²) in [6.45, 7) is 7.05. The number of aromatic amines is 1. The summed E-state index contributed by atoms with van der Waals surface area (Å²) in [7, 11) is 0. The molecule has 3 aliphatic rings. The van der Waals surface area contributed by atoms with Gasteiger partial charge in [0.2, 0.25) is 11.5 Å². The van der Waals surface area contributed by atoms with E-state index in [1.165, 1.54) is 18.6 Å². The Morgan fingerprint density at radius 2 is 2.03 bits per heavy atom. The fourth-order valence-electron chi connectivity index (χ4n) is 4.21. The van der Waals surface area contributed by atoms with Gasteiger partial charge in [-0.05, 0) is 74.3 Å². The maximum absolute atomic E-state index is 12.6. The van der Waals surface area contributed by atoms with Crippen LogP contribution in [0.3, 0.4) is 0 Å². The first kappa shape index (κ1) is 21.5. The molecule has 2 aromatic rings. The van der Waals surface area contributed by atoms with Crippen LogP contribution in [0.1, 0.15) is 38.2 Å². The first-order chi connectivity index (χ1) is 15.5. The number of carbonyl (C=O) groups excluding carboxylic acids is 1. The summed E-state index contributed by atoms with van der Waals surface area (Å²) in [5.41, 5.74) is 2.63. The molecule has 3 heterocycles. The molecule has 170 valence electrons. The van der Waals surface area contributed by atoms with E-state index in [0.29, 0.717) is 11.9 Å². The average molecular weight is 454 g/mol. The van der Waals surface area contributed by atoms with Crippen molar-refractivity contribution in [3.63, 3.8) is 0 Å². The van der Waals surface area contributed by atoms with Gasteiger partial charge in [0, 0.05) is 49.6 Å². The van der Waals surface area contributed by atoms with Gasteiger partial charge >= 0.3 is 0 Å². The minimum absolute atomic E-state index is 0.0325. The zero-order chi connectivity index (χ0) is 22.2. The van der Waals surface area contributed by atoms with E-state index in [-0.39, 0.29) is 17.4 Å². The number of pyridine rings is 2. The van der Waals surface area contributed by atoms with Crippen molar-refractivity contribution < 1.29 is 4.79 Å². The standard InChI is InChI=1S/C24H31N5O2S/c1-15-12-25-21(26-24(31)18-5-6-18)11-20(15)19-9-22(27-23(30)10-19)29-8-7-28(13-16(29)2)32-14-17-3-4-17/h9-12,16-18H,3-8,13-14H2,1-2H3,(H,27,30)(H,25,26,31). The number of amides is 1. The van der Waals surface area contributed by atoms with E-state index >= 15 is 0 Å². The molecule has 0 radical (unpaired) electrons. The monoisotopic (exact) mass is 453 g/mol. The van der Waals surface area contributed by atoms with E-state index < -0.39 is 0 Å². The molecular weight excluding hydrogens is 422 g/mol. The molecule has 32 heavy (non-hydrogen) atoms. The lowest BCUT2D eigenvalue weighted by Gasteiger charge is -2.40. The number of nitrogens with zero attached hydrogens (tertiary/aromatic N) is 3. The number of carbonyl (C=O) groups is 1. The van der Waals surface area contributed by atoms with Crippen molar-refractivity contribution in [2.24, 2.45) is 11.8 Å². The fourth-order valence-corrected chi connectivity index (χ4v) is 5.50. The summed E-state index contributed by atoms with van der Waals surface area (Å²) in [6, 6.07) is 5.88. The van der Waals surface area contributed by atoms with Gasteiger partial charge in [-0.25, -0.2) is 9.29 Å². The van der Waals surface area contributed by atoms with Crippen LogP contribution in [0.4, 0.5) is 11.6 Å². The number of anilines is 2. The Morgan fingerprint density at radius 3 is 2.75 bits per heavy atom. The highest BCUT2D eigenvalue weighted by atomic mass is 32.2. The second-order valence-corrected chi connectivity index (χ2v) is 10.5. The van der Waals surface area contributed by atoms with E-state index in [1.807, 2.05) is 24.9 Å². The highest BCUT2D eigenvalue weighted by molar-refractivity contribution is 7.97. The number of nitrogens with one attached hydrogen (secondary N) is 2. The second kappa shape index (κ2) is 8.90. The molecule has 0 spiro atoms. The Morgan fingerprint density at radius 1 is 1.22 bits per heavy atom. The largest absolute Gasteiger partial charge is 0.353 e. The Bertz CT molecular complexity index is 1060. The summed E-state index contributed by atoms with van der Waals surface area (Å²) in [6.07, 6.45) is 6.43. The molecule has 1 amide bonds. The summed E-state index contributed by atoms with van der Waals surface area (Å²) in [5.74, 6) is 3.70. The van der Waals surface area contributed by atoms with E-state index in [4.69, 9.17) is 0 Å².